The minimum Gasteiger partial charge on any atom is -0.313 e. The molecule has 0 radical (unpaired) electrons. The molecule has 100 valence electrons. The lowest BCUT2D eigenvalue weighted by atomic mass is 10.2. The zero-order chi connectivity index (χ0) is 13.7. The number of hydrogen-bond acceptors (Lipinski definition) is 2. The maximum absolute atomic E-state index is 6.21. The van der Waals surface area contributed by atoms with Crippen molar-refractivity contribution in [3.8, 4) is 0 Å². The first-order chi connectivity index (χ1) is 9.20. The van der Waals surface area contributed by atoms with Crippen molar-refractivity contribution in [2.45, 2.75) is 23.3 Å². The van der Waals surface area contributed by atoms with E-state index < -0.39 is 0 Å². The van der Waals surface area contributed by atoms with E-state index in [-0.39, 0.29) is 0 Å². The molecule has 0 bridgehead atoms. The molecule has 0 saturated carbocycles. The molecule has 0 atom stereocenters. The van der Waals surface area contributed by atoms with Crippen LogP contribution in [0.15, 0.2) is 52.3 Å². The van der Waals surface area contributed by atoms with Crippen LogP contribution in [0.3, 0.4) is 0 Å². The van der Waals surface area contributed by atoms with Crippen LogP contribution in [0.1, 0.15) is 12.5 Å². The summed E-state index contributed by atoms with van der Waals surface area (Å²) in [4.78, 5) is 2.19. The van der Waals surface area contributed by atoms with Gasteiger partial charge in [-0.1, -0.05) is 60.1 Å². The largest absolute Gasteiger partial charge is 0.313 e. The van der Waals surface area contributed by atoms with Crippen LogP contribution in [0.4, 0.5) is 0 Å². The highest BCUT2D eigenvalue weighted by Crippen LogP contribution is 2.36. The van der Waals surface area contributed by atoms with Crippen LogP contribution in [-0.2, 0) is 6.54 Å². The molecule has 0 aliphatic heterocycles. The van der Waals surface area contributed by atoms with Crippen LogP contribution in [0.5, 0.6) is 0 Å². The molecule has 19 heavy (non-hydrogen) atoms. The first kappa shape index (κ1) is 14.7. The monoisotopic (exact) mass is 311 g/mol. The summed E-state index contributed by atoms with van der Waals surface area (Å²) in [5.74, 6) is 0. The molecular weight excluding hydrogens is 297 g/mol. The number of hydrogen-bond donors (Lipinski definition) is 1. The standard InChI is InChI=1S/C15H15Cl2NS/c1-2-18-10-11-5-3-4-6-14(11)19-15-9-12(16)7-8-13(15)17/h3-9,18H,2,10H2,1H3. The van der Waals surface area contributed by atoms with Crippen LogP contribution < -0.4 is 5.32 Å². The third-order valence-corrected chi connectivity index (χ3v) is 4.50. The van der Waals surface area contributed by atoms with Gasteiger partial charge in [0, 0.05) is 21.4 Å². The van der Waals surface area contributed by atoms with Crippen LogP contribution in [0.2, 0.25) is 10.0 Å². The molecule has 0 aliphatic carbocycles. The molecule has 0 heterocycles. The van der Waals surface area contributed by atoms with Crippen molar-refractivity contribution >= 4 is 35.0 Å². The summed E-state index contributed by atoms with van der Waals surface area (Å²) in [7, 11) is 0. The molecule has 0 spiro atoms. The van der Waals surface area contributed by atoms with E-state index in [4.69, 9.17) is 23.2 Å². The van der Waals surface area contributed by atoms with Gasteiger partial charge in [-0.2, -0.15) is 0 Å². The Morgan fingerprint density at radius 2 is 1.84 bits per heavy atom. The maximum Gasteiger partial charge on any atom is 0.0546 e. The van der Waals surface area contributed by atoms with Gasteiger partial charge in [-0.05, 0) is 36.4 Å². The smallest absolute Gasteiger partial charge is 0.0546 e. The van der Waals surface area contributed by atoms with E-state index in [0.717, 1.165) is 23.0 Å². The number of benzene rings is 2. The molecule has 1 nitrogen and oxygen atoms in total. The summed E-state index contributed by atoms with van der Waals surface area (Å²) in [6.45, 7) is 3.92. The Morgan fingerprint density at radius 1 is 1.05 bits per heavy atom. The predicted octanol–water partition coefficient (Wildman–Crippen LogP) is 5.25. The second-order valence-corrected chi connectivity index (χ2v) is 5.99. The highest BCUT2D eigenvalue weighted by Gasteiger charge is 2.07. The van der Waals surface area contributed by atoms with Crippen LogP contribution >= 0.6 is 35.0 Å². The zero-order valence-electron chi connectivity index (χ0n) is 10.6. The van der Waals surface area contributed by atoms with E-state index in [0.29, 0.717) is 5.02 Å². The lowest BCUT2D eigenvalue weighted by Crippen LogP contribution is -2.12. The zero-order valence-corrected chi connectivity index (χ0v) is 12.9. The first-order valence-electron chi connectivity index (χ1n) is 6.12. The Morgan fingerprint density at radius 3 is 2.63 bits per heavy atom. The predicted molar refractivity (Wildman–Crippen MR) is 84.4 cm³/mol. The Kier molecular flexibility index (Phi) is 5.59. The summed E-state index contributed by atoms with van der Waals surface area (Å²) in [6, 6.07) is 13.9. The van der Waals surface area contributed by atoms with E-state index in [9.17, 15) is 0 Å². The normalized spacial score (nSPS) is 10.7. The number of nitrogens with one attached hydrogen (secondary N) is 1. The quantitative estimate of drug-likeness (QED) is 0.809. The van der Waals surface area contributed by atoms with Gasteiger partial charge >= 0.3 is 0 Å². The van der Waals surface area contributed by atoms with Gasteiger partial charge in [-0.25, -0.2) is 0 Å². The van der Waals surface area contributed by atoms with Crippen molar-refractivity contribution in [2.24, 2.45) is 0 Å². The average molecular weight is 312 g/mol. The Bertz CT molecular complexity index is 558. The van der Waals surface area contributed by atoms with E-state index in [1.165, 1.54) is 10.5 Å². The van der Waals surface area contributed by atoms with Crippen LogP contribution in [-0.4, -0.2) is 6.54 Å². The second-order valence-electron chi connectivity index (χ2n) is 4.06. The molecular formula is C15H15Cl2NS. The molecule has 0 amide bonds. The van der Waals surface area contributed by atoms with Gasteiger partial charge in [-0.15, -0.1) is 0 Å². The molecule has 2 aromatic rings. The first-order valence-corrected chi connectivity index (χ1v) is 7.69. The van der Waals surface area contributed by atoms with Crippen molar-refractivity contribution < 1.29 is 0 Å². The molecule has 0 aromatic heterocycles. The SMILES string of the molecule is CCNCc1ccccc1Sc1cc(Cl)ccc1Cl. The third kappa shape index (κ3) is 4.15. The fourth-order valence-corrected chi connectivity index (χ4v) is 3.16. The average Bonchev–Trinajstić information content (AvgIpc) is 2.42. The van der Waals surface area contributed by atoms with Crippen molar-refractivity contribution in [1.82, 2.24) is 5.32 Å². The molecule has 2 aromatic carbocycles. The fourth-order valence-electron chi connectivity index (χ4n) is 1.68. The highest BCUT2D eigenvalue weighted by atomic mass is 35.5. The van der Waals surface area contributed by atoms with E-state index >= 15 is 0 Å². The summed E-state index contributed by atoms with van der Waals surface area (Å²) < 4.78 is 0. The third-order valence-electron chi connectivity index (χ3n) is 2.65. The minimum absolute atomic E-state index is 0.705. The van der Waals surface area contributed by atoms with Gasteiger partial charge in [0.1, 0.15) is 0 Å². The Hall–Kier alpha value is -0.670. The summed E-state index contributed by atoms with van der Waals surface area (Å²) in [5.41, 5.74) is 1.27. The molecule has 2 rings (SSSR count). The van der Waals surface area contributed by atoms with Crippen molar-refractivity contribution in [3.05, 3.63) is 58.1 Å². The Labute approximate surface area is 128 Å². The fraction of sp³-hybridized carbons (Fsp3) is 0.200. The molecule has 4 heteroatoms. The van der Waals surface area contributed by atoms with Gasteiger partial charge in [0.05, 0.1) is 5.02 Å². The molecule has 0 saturated heterocycles. The lowest BCUT2D eigenvalue weighted by Gasteiger charge is -2.10. The second kappa shape index (κ2) is 7.20. The summed E-state index contributed by atoms with van der Waals surface area (Å²) in [5, 5.41) is 4.78. The van der Waals surface area contributed by atoms with Crippen LogP contribution in [0.25, 0.3) is 0 Å². The molecule has 1 N–H and O–H groups in total. The van der Waals surface area contributed by atoms with Crippen molar-refractivity contribution in [1.29, 1.82) is 0 Å². The highest BCUT2D eigenvalue weighted by molar-refractivity contribution is 7.99. The molecule has 0 unspecified atom stereocenters. The lowest BCUT2D eigenvalue weighted by molar-refractivity contribution is 0.718. The summed E-state index contributed by atoms with van der Waals surface area (Å²) in [6.07, 6.45) is 0. The van der Waals surface area contributed by atoms with Gasteiger partial charge in [0.15, 0.2) is 0 Å². The van der Waals surface area contributed by atoms with Gasteiger partial charge in [0.25, 0.3) is 0 Å². The van der Waals surface area contributed by atoms with E-state index in [2.05, 4.69) is 30.4 Å². The van der Waals surface area contributed by atoms with Crippen molar-refractivity contribution in [2.75, 3.05) is 6.54 Å². The molecule has 0 fully saturated rings. The van der Waals surface area contributed by atoms with E-state index in [1.807, 2.05) is 18.2 Å². The topological polar surface area (TPSA) is 12.0 Å². The van der Waals surface area contributed by atoms with Crippen LogP contribution in [0, 0.1) is 0 Å². The molecule has 0 aliphatic rings. The number of rotatable bonds is 5. The van der Waals surface area contributed by atoms with E-state index in [1.54, 1.807) is 17.8 Å². The Balaban J connectivity index is 2.25. The summed E-state index contributed by atoms with van der Waals surface area (Å²) >= 11 is 13.9. The van der Waals surface area contributed by atoms with Gasteiger partial charge in [-0.3, -0.25) is 0 Å². The van der Waals surface area contributed by atoms with Gasteiger partial charge in [0.2, 0.25) is 0 Å². The minimum atomic E-state index is 0.705. The number of halogens is 2. The maximum atomic E-state index is 6.21. The van der Waals surface area contributed by atoms with Gasteiger partial charge < -0.3 is 5.32 Å². The van der Waals surface area contributed by atoms with Crippen molar-refractivity contribution in [3.63, 3.8) is 0 Å².